The van der Waals surface area contributed by atoms with Crippen LogP contribution in [0.2, 0.25) is 0 Å². The van der Waals surface area contributed by atoms with E-state index in [2.05, 4.69) is 4.98 Å². The van der Waals surface area contributed by atoms with Crippen molar-refractivity contribution in [2.75, 3.05) is 0 Å². The minimum absolute atomic E-state index is 0.136. The van der Waals surface area contributed by atoms with Crippen LogP contribution >= 0.6 is 11.3 Å². The van der Waals surface area contributed by atoms with E-state index in [1.807, 2.05) is 6.92 Å². The van der Waals surface area contributed by atoms with Crippen molar-refractivity contribution >= 4 is 33.4 Å². The molecule has 1 amide bonds. The van der Waals surface area contributed by atoms with Crippen molar-refractivity contribution in [2.45, 2.75) is 39.7 Å². The molecule has 118 valence electrons. The number of hydrogen-bond acceptors (Lipinski definition) is 5. The number of nitrogens with two attached hydrogens (primary N) is 1. The molecule has 0 aliphatic rings. The zero-order valence-electron chi connectivity index (χ0n) is 12.4. The van der Waals surface area contributed by atoms with E-state index in [1.54, 1.807) is 6.92 Å². The maximum atomic E-state index is 12.7. The van der Waals surface area contributed by atoms with Crippen LogP contribution in [0.3, 0.4) is 0 Å². The number of aromatic nitrogens is 2. The number of aryl methyl sites for hydroxylation is 2. The summed E-state index contributed by atoms with van der Waals surface area (Å²) in [6.07, 6.45) is 1.18. The van der Waals surface area contributed by atoms with E-state index in [1.165, 1.54) is 4.57 Å². The molecule has 0 spiro atoms. The van der Waals surface area contributed by atoms with E-state index in [0.29, 0.717) is 41.0 Å². The standard InChI is InChI=1S/C14H17N3O4S/c1-3-9-16-12-10(7(2)11(22-12)14(20)21)13(19)17(9)6-4-5-8(15)18/h3-6H2,1-2H3,(H2,15,18)(H,20,21). The highest BCUT2D eigenvalue weighted by Gasteiger charge is 2.20. The number of amides is 1. The van der Waals surface area contributed by atoms with E-state index in [0.717, 1.165) is 11.3 Å². The molecule has 8 heteroatoms. The van der Waals surface area contributed by atoms with Crippen LogP contribution in [0.1, 0.15) is 40.8 Å². The second-order valence-corrected chi connectivity index (χ2v) is 5.95. The molecule has 3 N–H and O–H groups in total. The fraction of sp³-hybridized carbons (Fsp3) is 0.429. The minimum atomic E-state index is -1.06. The summed E-state index contributed by atoms with van der Waals surface area (Å²) in [4.78, 5) is 39.7. The predicted octanol–water partition coefficient (Wildman–Crippen LogP) is 1.29. The number of aromatic carboxylic acids is 1. The summed E-state index contributed by atoms with van der Waals surface area (Å²) in [5.74, 6) is -0.890. The van der Waals surface area contributed by atoms with Crippen molar-refractivity contribution in [1.29, 1.82) is 0 Å². The van der Waals surface area contributed by atoms with Crippen LogP contribution in [-0.4, -0.2) is 26.5 Å². The van der Waals surface area contributed by atoms with Gasteiger partial charge in [0.2, 0.25) is 5.91 Å². The Morgan fingerprint density at radius 1 is 1.41 bits per heavy atom. The summed E-state index contributed by atoms with van der Waals surface area (Å²) in [5.41, 5.74) is 5.30. The molecule has 2 rings (SSSR count). The van der Waals surface area contributed by atoms with E-state index >= 15 is 0 Å². The summed E-state index contributed by atoms with van der Waals surface area (Å²) in [5, 5.41) is 9.52. The highest BCUT2D eigenvalue weighted by Crippen LogP contribution is 2.27. The number of carboxylic acid groups (broad SMARTS) is 1. The van der Waals surface area contributed by atoms with Crippen molar-refractivity contribution in [1.82, 2.24) is 9.55 Å². The van der Waals surface area contributed by atoms with Gasteiger partial charge in [0, 0.05) is 19.4 Å². The van der Waals surface area contributed by atoms with Crippen LogP contribution in [0.15, 0.2) is 4.79 Å². The summed E-state index contributed by atoms with van der Waals surface area (Å²) < 4.78 is 1.51. The smallest absolute Gasteiger partial charge is 0.346 e. The molecular formula is C14H17N3O4S. The van der Waals surface area contributed by atoms with Gasteiger partial charge in [0.15, 0.2) is 0 Å². The first-order chi connectivity index (χ1) is 10.4. The molecule has 0 atom stereocenters. The number of fused-ring (bicyclic) bond motifs is 1. The molecule has 7 nitrogen and oxygen atoms in total. The van der Waals surface area contributed by atoms with Gasteiger partial charge in [0.25, 0.3) is 5.56 Å². The van der Waals surface area contributed by atoms with Crippen molar-refractivity contribution in [2.24, 2.45) is 5.73 Å². The molecule has 0 aromatic carbocycles. The van der Waals surface area contributed by atoms with Crippen LogP contribution in [0, 0.1) is 6.92 Å². The van der Waals surface area contributed by atoms with Gasteiger partial charge in [-0.2, -0.15) is 0 Å². The first-order valence-corrected chi connectivity index (χ1v) is 7.72. The van der Waals surface area contributed by atoms with Crippen LogP contribution < -0.4 is 11.3 Å². The molecule has 2 heterocycles. The monoisotopic (exact) mass is 323 g/mol. The van der Waals surface area contributed by atoms with Gasteiger partial charge in [-0.25, -0.2) is 9.78 Å². The van der Waals surface area contributed by atoms with E-state index in [4.69, 9.17) is 5.73 Å². The summed E-state index contributed by atoms with van der Waals surface area (Å²) >= 11 is 1.02. The molecule has 22 heavy (non-hydrogen) atoms. The Morgan fingerprint density at radius 2 is 2.09 bits per heavy atom. The molecule has 0 fully saturated rings. The Labute approximate surface area is 130 Å². The third kappa shape index (κ3) is 2.87. The second-order valence-electron chi connectivity index (χ2n) is 4.95. The number of carbonyl (C=O) groups excluding carboxylic acids is 1. The Bertz CT molecular complexity index is 807. The van der Waals surface area contributed by atoms with Gasteiger partial charge in [-0.3, -0.25) is 14.2 Å². The Morgan fingerprint density at radius 3 is 2.64 bits per heavy atom. The molecule has 0 saturated heterocycles. The molecule has 0 bridgehead atoms. The van der Waals surface area contributed by atoms with Gasteiger partial charge in [-0.05, 0) is 18.9 Å². The van der Waals surface area contributed by atoms with Gasteiger partial charge >= 0.3 is 5.97 Å². The highest BCUT2D eigenvalue weighted by atomic mass is 32.1. The van der Waals surface area contributed by atoms with Crippen LogP contribution in [-0.2, 0) is 17.8 Å². The number of thiophene rings is 1. The lowest BCUT2D eigenvalue weighted by atomic mass is 10.2. The molecule has 0 saturated carbocycles. The molecule has 0 aliphatic carbocycles. The second kappa shape index (κ2) is 6.27. The Kier molecular flexibility index (Phi) is 4.60. The molecular weight excluding hydrogens is 306 g/mol. The number of rotatable bonds is 6. The minimum Gasteiger partial charge on any atom is -0.477 e. The topological polar surface area (TPSA) is 115 Å². The fourth-order valence-electron chi connectivity index (χ4n) is 2.37. The number of nitrogens with zero attached hydrogens (tertiary/aromatic N) is 2. The Hall–Kier alpha value is -2.22. The lowest BCUT2D eigenvalue weighted by molar-refractivity contribution is -0.118. The zero-order chi connectivity index (χ0) is 16.4. The predicted molar refractivity (Wildman–Crippen MR) is 83.4 cm³/mol. The lowest BCUT2D eigenvalue weighted by Gasteiger charge is -2.10. The van der Waals surface area contributed by atoms with Crippen molar-refractivity contribution in [3.05, 3.63) is 26.6 Å². The number of carbonyl (C=O) groups is 2. The van der Waals surface area contributed by atoms with Gasteiger partial charge in [0.05, 0.1) is 5.39 Å². The van der Waals surface area contributed by atoms with Gasteiger partial charge in [-0.15, -0.1) is 11.3 Å². The highest BCUT2D eigenvalue weighted by molar-refractivity contribution is 7.20. The van der Waals surface area contributed by atoms with Gasteiger partial charge < -0.3 is 10.8 Å². The van der Waals surface area contributed by atoms with Crippen LogP contribution in [0.5, 0.6) is 0 Å². The van der Waals surface area contributed by atoms with Crippen molar-refractivity contribution < 1.29 is 14.7 Å². The largest absolute Gasteiger partial charge is 0.477 e. The maximum absolute atomic E-state index is 12.7. The van der Waals surface area contributed by atoms with Crippen LogP contribution in [0.4, 0.5) is 0 Å². The number of primary amides is 1. The quantitative estimate of drug-likeness (QED) is 0.831. The van der Waals surface area contributed by atoms with Crippen molar-refractivity contribution in [3.63, 3.8) is 0 Å². The van der Waals surface area contributed by atoms with Gasteiger partial charge in [0.1, 0.15) is 15.5 Å². The Balaban J connectivity index is 2.58. The molecule has 2 aromatic rings. The molecule has 2 aromatic heterocycles. The summed E-state index contributed by atoms with van der Waals surface area (Å²) in [6, 6.07) is 0. The molecule has 0 unspecified atom stereocenters. The van der Waals surface area contributed by atoms with Gasteiger partial charge in [-0.1, -0.05) is 6.92 Å². The number of hydrogen-bond donors (Lipinski definition) is 2. The molecule has 0 aliphatic heterocycles. The van der Waals surface area contributed by atoms with Crippen LogP contribution in [0.25, 0.3) is 10.2 Å². The van der Waals surface area contributed by atoms with E-state index in [9.17, 15) is 19.5 Å². The number of carboxylic acids is 1. The lowest BCUT2D eigenvalue weighted by Crippen LogP contribution is -2.26. The first-order valence-electron chi connectivity index (χ1n) is 6.91. The van der Waals surface area contributed by atoms with E-state index in [-0.39, 0.29) is 16.9 Å². The fourth-order valence-corrected chi connectivity index (χ4v) is 3.40. The third-order valence-corrected chi connectivity index (χ3v) is 4.62. The zero-order valence-corrected chi connectivity index (χ0v) is 13.2. The average Bonchev–Trinajstić information content (AvgIpc) is 2.78. The summed E-state index contributed by atoms with van der Waals surface area (Å²) in [6.45, 7) is 3.83. The molecule has 0 radical (unpaired) electrons. The van der Waals surface area contributed by atoms with E-state index < -0.39 is 11.9 Å². The average molecular weight is 323 g/mol. The summed E-state index contributed by atoms with van der Waals surface area (Å²) in [7, 11) is 0. The maximum Gasteiger partial charge on any atom is 0.346 e. The van der Waals surface area contributed by atoms with Crippen molar-refractivity contribution in [3.8, 4) is 0 Å². The first kappa shape index (κ1) is 16.2. The SMILES string of the molecule is CCc1nc2sc(C(=O)O)c(C)c2c(=O)n1CCCC(N)=O. The normalized spacial score (nSPS) is 11.0. The third-order valence-electron chi connectivity index (χ3n) is 3.44.